The van der Waals surface area contributed by atoms with Crippen LogP contribution in [0, 0.1) is 0 Å². The van der Waals surface area contributed by atoms with Gasteiger partial charge < -0.3 is 14.2 Å². The first-order chi connectivity index (χ1) is 13.0. The highest BCUT2D eigenvalue weighted by Gasteiger charge is 2.39. The van der Waals surface area contributed by atoms with Gasteiger partial charge in [-0.2, -0.15) is 4.98 Å². The number of hydrogen-bond donors (Lipinski definition) is 0. The monoisotopic (exact) mass is 370 g/mol. The van der Waals surface area contributed by atoms with Gasteiger partial charge in [0, 0.05) is 17.5 Å². The molecule has 0 aliphatic carbocycles. The summed E-state index contributed by atoms with van der Waals surface area (Å²) in [5.74, 6) is -1.86. The van der Waals surface area contributed by atoms with Crippen LogP contribution in [0.4, 0.5) is 0 Å². The van der Waals surface area contributed by atoms with Gasteiger partial charge in [0.05, 0.1) is 18.9 Å². The summed E-state index contributed by atoms with van der Waals surface area (Å²) in [5, 5.41) is 0. The van der Waals surface area contributed by atoms with Crippen molar-refractivity contribution in [3.05, 3.63) is 41.6 Å². The van der Waals surface area contributed by atoms with Crippen molar-refractivity contribution in [2.24, 2.45) is 0 Å². The Balaban J connectivity index is 2.14. The second-order valence-electron chi connectivity index (χ2n) is 6.15. The van der Waals surface area contributed by atoms with E-state index in [9.17, 15) is 9.59 Å². The molecule has 1 unspecified atom stereocenters. The van der Waals surface area contributed by atoms with E-state index in [1.165, 1.54) is 0 Å². The van der Waals surface area contributed by atoms with Crippen LogP contribution < -0.4 is 4.74 Å². The first-order valence-corrected chi connectivity index (χ1v) is 9.01. The van der Waals surface area contributed by atoms with Crippen LogP contribution in [0.25, 0.3) is 11.4 Å². The van der Waals surface area contributed by atoms with Crippen molar-refractivity contribution in [1.29, 1.82) is 0 Å². The number of benzene rings is 1. The van der Waals surface area contributed by atoms with Crippen molar-refractivity contribution in [3.8, 4) is 17.3 Å². The summed E-state index contributed by atoms with van der Waals surface area (Å²) in [5.41, 5.74) is 1.70. The molecule has 0 radical (unpaired) electrons. The SMILES string of the molecule is CCOC(=O)C(C(=O)OCC)c1nc(-c2ccccc2)nc2c1CC(C)O2. The third kappa shape index (κ3) is 3.92. The molecule has 7 heteroatoms. The zero-order valence-corrected chi connectivity index (χ0v) is 15.6. The number of aromatic nitrogens is 2. The number of ether oxygens (including phenoxy) is 3. The van der Waals surface area contributed by atoms with Crippen molar-refractivity contribution >= 4 is 11.9 Å². The highest BCUT2D eigenvalue weighted by Crippen LogP contribution is 2.35. The van der Waals surface area contributed by atoms with E-state index >= 15 is 0 Å². The fourth-order valence-corrected chi connectivity index (χ4v) is 3.01. The zero-order valence-electron chi connectivity index (χ0n) is 15.6. The zero-order chi connectivity index (χ0) is 19.4. The number of hydrogen-bond acceptors (Lipinski definition) is 7. The lowest BCUT2D eigenvalue weighted by Crippen LogP contribution is -2.28. The molecule has 2 heterocycles. The van der Waals surface area contributed by atoms with Crippen molar-refractivity contribution in [3.63, 3.8) is 0 Å². The standard InChI is InChI=1S/C20H22N2O5/c1-4-25-19(23)15(20(24)26-5-2)16-14-11-12(3)27-18(14)22-17(21-16)13-9-7-6-8-10-13/h6-10,12,15H,4-5,11H2,1-3H3. The first kappa shape index (κ1) is 18.8. The van der Waals surface area contributed by atoms with Crippen LogP contribution in [0.15, 0.2) is 30.3 Å². The van der Waals surface area contributed by atoms with Crippen molar-refractivity contribution in [2.45, 2.75) is 39.2 Å². The number of esters is 2. The quantitative estimate of drug-likeness (QED) is 0.570. The second-order valence-corrected chi connectivity index (χ2v) is 6.15. The normalized spacial score (nSPS) is 15.2. The van der Waals surface area contributed by atoms with Crippen LogP contribution in [-0.4, -0.2) is 41.2 Å². The Morgan fingerprint density at radius 2 is 1.74 bits per heavy atom. The van der Waals surface area contributed by atoms with E-state index in [2.05, 4.69) is 9.97 Å². The van der Waals surface area contributed by atoms with Gasteiger partial charge in [-0.15, -0.1) is 0 Å². The minimum absolute atomic E-state index is 0.121. The van der Waals surface area contributed by atoms with Gasteiger partial charge in [-0.25, -0.2) is 4.98 Å². The molecule has 27 heavy (non-hydrogen) atoms. The highest BCUT2D eigenvalue weighted by molar-refractivity contribution is 6.01. The van der Waals surface area contributed by atoms with Crippen LogP contribution in [0.1, 0.15) is 37.9 Å². The molecule has 0 amide bonds. The van der Waals surface area contributed by atoms with E-state index in [1.54, 1.807) is 13.8 Å². The number of carbonyl (C=O) groups excluding carboxylic acids is 2. The molecule has 2 aromatic rings. The topological polar surface area (TPSA) is 87.6 Å². The van der Waals surface area contributed by atoms with Crippen LogP contribution in [0.2, 0.25) is 0 Å². The van der Waals surface area contributed by atoms with Gasteiger partial charge in [-0.3, -0.25) is 9.59 Å². The van der Waals surface area contributed by atoms with E-state index in [1.807, 2.05) is 37.3 Å². The Morgan fingerprint density at radius 1 is 1.11 bits per heavy atom. The number of nitrogens with zero attached hydrogens (tertiary/aromatic N) is 2. The lowest BCUT2D eigenvalue weighted by molar-refractivity contribution is -0.157. The lowest BCUT2D eigenvalue weighted by atomic mass is 9.98. The van der Waals surface area contributed by atoms with Crippen molar-refractivity contribution < 1.29 is 23.8 Å². The number of fused-ring (bicyclic) bond motifs is 1. The maximum atomic E-state index is 12.6. The van der Waals surface area contributed by atoms with E-state index in [0.717, 1.165) is 5.56 Å². The average molecular weight is 370 g/mol. The van der Waals surface area contributed by atoms with Crippen molar-refractivity contribution in [1.82, 2.24) is 9.97 Å². The minimum Gasteiger partial charge on any atom is -0.474 e. The molecule has 0 bridgehead atoms. The van der Waals surface area contributed by atoms with Gasteiger partial charge >= 0.3 is 11.9 Å². The molecule has 0 saturated heterocycles. The van der Waals surface area contributed by atoms with Gasteiger partial charge in [0.15, 0.2) is 11.7 Å². The molecule has 1 aliphatic rings. The molecule has 0 fully saturated rings. The fraction of sp³-hybridized carbons (Fsp3) is 0.400. The Bertz CT molecular complexity index is 820. The van der Waals surface area contributed by atoms with E-state index in [0.29, 0.717) is 29.4 Å². The highest BCUT2D eigenvalue weighted by atomic mass is 16.6. The van der Waals surface area contributed by atoms with Crippen LogP contribution in [-0.2, 0) is 25.5 Å². The predicted octanol–water partition coefficient (Wildman–Crippen LogP) is 2.68. The molecule has 1 aliphatic heterocycles. The number of rotatable bonds is 6. The number of carbonyl (C=O) groups is 2. The molecule has 0 N–H and O–H groups in total. The first-order valence-electron chi connectivity index (χ1n) is 9.01. The summed E-state index contributed by atoms with van der Waals surface area (Å²) < 4.78 is 16.0. The summed E-state index contributed by atoms with van der Waals surface area (Å²) in [4.78, 5) is 34.2. The van der Waals surface area contributed by atoms with Crippen LogP contribution in [0.3, 0.4) is 0 Å². The largest absolute Gasteiger partial charge is 0.474 e. The molecule has 3 rings (SSSR count). The minimum atomic E-state index is -1.27. The third-order valence-corrected chi connectivity index (χ3v) is 4.16. The molecule has 1 aromatic heterocycles. The van der Waals surface area contributed by atoms with Crippen LogP contribution in [0.5, 0.6) is 5.88 Å². The molecule has 1 atom stereocenters. The molecular formula is C20H22N2O5. The van der Waals surface area contributed by atoms with E-state index in [-0.39, 0.29) is 19.3 Å². The maximum Gasteiger partial charge on any atom is 0.326 e. The molecule has 0 spiro atoms. The maximum absolute atomic E-state index is 12.6. The second kappa shape index (κ2) is 8.16. The smallest absolute Gasteiger partial charge is 0.326 e. The molecular weight excluding hydrogens is 348 g/mol. The van der Waals surface area contributed by atoms with E-state index in [4.69, 9.17) is 14.2 Å². The van der Waals surface area contributed by atoms with Gasteiger partial charge in [0.2, 0.25) is 5.88 Å². The van der Waals surface area contributed by atoms with Crippen molar-refractivity contribution in [2.75, 3.05) is 13.2 Å². The summed E-state index contributed by atoms with van der Waals surface area (Å²) in [6.07, 6.45) is 0.388. The van der Waals surface area contributed by atoms with Gasteiger partial charge in [0.25, 0.3) is 0 Å². The Labute approximate surface area is 157 Å². The summed E-state index contributed by atoms with van der Waals surface area (Å²) >= 11 is 0. The molecule has 142 valence electrons. The predicted molar refractivity (Wildman–Crippen MR) is 97.3 cm³/mol. The van der Waals surface area contributed by atoms with Gasteiger partial charge in [-0.1, -0.05) is 30.3 Å². The molecule has 0 saturated carbocycles. The lowest BCUT2D eigenvalue weighted by Gasteiger charge is -2.17. The molecule has 7 nitrogen and oxygen atoms in total. The molecule has 1 aromatic carbocycles. The summed E-state index contributed by atoms with van der Waals surface area (Å²) in [6.45, 7) is 5.58. The Kier molecular flexibility index (Phi) is 5.69. The average Bonchev–Trinajstić information content (AvgIpc) is 3.03. The van der Waals surface area contributed by atoms with Gasteiger partial charge in [-0.05, 0) is 20.8 Å². The van der Waals surface area contributed by atoms with E-state index < -0.39 is 17.9 Å². The summed E-state index contributed by atoms with van der Waals surface area (Å²) in [7, 11) is 0. The van der Waals surface area contributed by atoms with Crippen LogP contribution >= 0.6 is 0 Å². The summed E-state index contributed by atoms with van der Waals surface area (Å²) in [6, 6.07) is 9.32. The fourth-order valence-electron chi connectivity index (χ4n) is 3.01. The Morgan fingerprint density at radius 3 is 2.33 bits per heavy atom. The van der Waals surface area contributed by atoms with Gasteiger partial charge in [0.1, 0.15) is 6.10 Å². The third-order valence-electron chi connectivity index (χ3n) is 4.16. The Hall–Kier alpha value is -2.96.